The second-order valence-electron chi connectivity index (χ2n) is 4.01. The fourth-order valence-electron chi connectivity index (χ4n) is 2.04. The van der Waals surface area contributed by atoms with E-state index in [2.05, 4.69) is 10.3 Å². The van der Waals surface area contributed by atoms with Crippen LogP contribution in [0.5, 0.6) is 0 Å². The van der Waals surface area contributed by atoms with Gasteiger partial charge in [-0.05, 0) is 37.8 Å². The molecule has 0 aliphatic heterocycles. The molecule has 0 amide bonds. The Labute approximate surface area is 84.7 Å². The fraction of sp³-hybridized carbons (Fsp3) is 0.545. The Bertz CT molecular complexity index is 273. The minimum atomic E-state index is 0.373. The van der Waals surface area contributed by atoms with Gasteiger partial charge in [0.15, 0.2) is 0 Å². The summed E-state index contributed by atoms with van der Waals surface area (Å²) < 4.78 is 0. The lowest BCUT2D eigenvalue weighted by Crippen LogP contribution is -2.34. The van der Waals surface area contributed by atoms with Gasteiger partial charge in [-0.2, -0.15) is 0 Å². The smallest absolute Gasteiger partial charge is 0.0528 e. The summed E-state index contributed by atoms with van der Waals surface area (Å²) in [4.78, 5) is 4.08. The molecular weight excluding hydrogens is 174 g/mol. The first kappa shape index (κ1) is 9.46. The number of hydrogen-bond acceptors (Lipinski definition) is 3. The summed E-state index contributed by atoms with van der Waals surface area (Å²) in [5, 5.41) is 3.47. The summed E-state index contributed by atoms with van der Waals surface area (Å²) in [5.41, 5.74) is 7.03. The van der Waals surface area contributed by atoms with Gasteiger partial charge in [-0.15, -0.1) is 0 Å². The van der Waals surface area contributed by atoms with Gasteiger partial charge < -0.3 is 11.1 Å². The summed E-state index contributed by atoms with van der Waals surface area (Å²) in [6.45, 7) is 0. The van der Waals surface area contributed by atoms with Gasteiger partial charge in [0, 0.05) is 24.5 Å². The Hall–Kier alpha value is -1.09. The lowest BCUT2D eigenvalue weighted by molar-refractivity contribution is 0.409. The fourth-order valence-corrected chi connectivity index (χ4v) is 2.04. The van der Waals surface area contributed by atoms with Crippen LogP contribution in [0, 0.1) is 0 Å². The van der Waals surface area contributed by atoms with Crippen LogP contribution in [-0.2, 0) is 0 Å². The molecule has 1 aliphatic carbocycles. The number of anilines is 1. The molecule has 0 saturated heterocycles. The Balaban J connectivity index is 1.91. The van der Waals surface area contributed by atoms with E-state index in [0.29, 0.717) is 12.1 Å². The van der Waals surface area contributed by atoms with Crippen LogP contribution < -0.4 is 11.1 Å². The van der Waals surface area contributed by atoms with Crippen molar-refractivity contribution in [3.63, 3.8) is 0 Å². The molecule has 76 valence electrons. The van der Waals surface area contributed by atoms with Gasteiger partial charge in [0.1, 0.15) is 0 Å². The van der Waals surface area contributed by atoms with Crippen molar-refractivity contribution in [2.24, 2.45) is 5.73 Å². The Morgan fingerprint density at radius 2 is 2.36 bits per heavy atom. The van der Waals surface area contributed by atoms with Crippen molar-refractivity contribution in [1.29, 1.82) is 0 Å². The first-order valence-corrected chi connectivity index (χ1v) is 5.27. The molecule has 1 heterocycles. The predicted octanol–water partition coefficient (Wildman–Crippen LogP) is 1.76. The summed E-state index contributed by atoms with van der Waals surface area (Å²) in [7, 11) is 0. The van der Waals surface area contributed by atoms with Crippen molar-refractivity contribution in [3.05, 3.63) is 24.5 Å². The normalized spacial score (nSPS) is 27.2. The van der Waals surface area contributed by atoms with Crippen LogP contribution in [-0.4, -0.2) is 17.1 Å². The molecule has 3 nitrogen and oxygen atoms in total. The van der Waals surface area contributed by atoms with E-state index < -0.39 is 0 Å². The highest BCUT2D eigenvalue weighted by Gasteiger charge is 2.18. The van der Waals surface area contributed by atoms with Crippen molar-refractivity contribution in [1.82, 2.24) is 4.98 Å². The second kappa shape index (κ2) is 4.42. The van der Waals surface area contributed by atoms with Gasteiger partial charge >= 0.3 is 0 Å². The summed E-state index contributed by atoms with van der Waals surface area (Å²) in [5.74, 6) is 0. The van der Waals surface area contributed by atoms with Gasteiger partial charge in [0.25, 0.3) is 0 Å². The predicted molar refractivity (Wildman–Crippen MR) is 58.1 cm³/mol. The number of pyridine rings is 1. The van der Waals surface area contributed by atoms with Crippen molar-refractivity contribution in [2.45, 2.75) is 37.8 Å². The molecule has 0 spiro atoms. The van der Waals surface area contributed by atoms with Crippen LogP contribution in [0.3, 0.4) is 0 Å². The third kappa shape index (κ3) is 2.45. The average molecular weight is 191 g/mol. The number of aromatic nitrogens is 1. The molecule has 2 rings (SSSR count). The molecule has 1 aromatic rings. The SMILES string of the molecule is NC1CCCC(Nc2cccnc2)C1. The van der Waals surface area contributed by atoms with E-state index in [-0.39, 0.29) is 0 Å². The molecule has 0 radical (unpaired) electrons. The maximum atomic E-state index is 5.92. The van der Waals surface area contributed by atoms with Gasteiger partial charge in [0.2, 0.25) is 0 Å². The molecular formula is C11H17N3. The zero-order valence-electron chi connectivity index (χ0n) is 8.32. The molecule has 1 fully saturated rings. The number of nitrogens with one attached hydrogen (secondary N) is 1. The molecule has 1 saturated carbocycles. The number of hydrogen-bond donors (Lipinski definition) is 2. The quantitative estimate of drug-likeness (QED) is 0.749. The van der Waals surface area contributed by atoms with Gasteiger partial charge in [-0.1, -0.05) is 0 Å². The molecule has 0 bridgehead atoms. The zero-order chi connectivity index (χ0) is 9.80. The molecule has 3 N–H and O–H groups in total. The van der Waals surface area contributed by atoms with Crippen LogP contribution in [0.15, 0.2) is 24.5 Å². The van der Waals surface area contributed by atoms with E-state index in [1.807, 2.05) is 18.3 Å². The molecule has 1 aromatic heterocycles. The molecule has 0 aromatic carbocycles. The van der Waals surface area contributed by atoms with Crippen molar-refractivity contribution >= 4 is 5.69 Å². The van der Waals surface area contributed by atoms with Crippen LogP contribution in [0.4, 0.5) is 5.69 Å². The van der Waals surface area contributed by atoms with Gasteiger partial charge in [-0.25, -0.2) is 0 Å². The molecule has 14 heavy (non-hydrogen) atoms. The monoisotopic (exact) mass is 191 g/mol. The second-order valence-corrected chi connectivity index (χ2v) is 4.01. The maximum absolute atomic E-state index is 5.92. The average Bonchev–Trinajstić information content (AvgIpc) is 2.19. The Morgan fingerprint density at radius 3 is 3.07 bits per heavy atom. The number of nitrogens with two attached hydrogens (primary N) is 1. The van der Waals surface area contributed by atoms with Crippen LogP contribution in [0.2, 0.25) is 0 Å². The van der Waals surface area contributed by atoms with E-state index in [0.717, 1.165) is 12.1 Å². The largest absolute Gasteiger partial charge is 0.381 e. The van der Waals surface area contributed by atoms with Crippen LogP contribution in [0.25, 0.3) is 0 Å². The maximum Gasteiger partial charge on any atom is 0.0528 e. The molecule has 2 unspecified atom stereocenters. The minimum absolute atomic E-state index is 0.373. The summed E-state index contributed by atoms with van der Waals surface area (Å²) in [6.07, 6.45) is 8.36. The van der Waals surface area contributed by atoms with E-state index in [1.165, 1.54) is 19.3 Å². The topological polar surface area (TPSA) is 50.9 Å². The van der Waals surface area contributed by atoms with Crippen molar-refractivity contribution in [3.8, 4) is 0 Å². The van der Waals surface area contributed by atoms with E-state index in [4.69, 9.17) is 5.73 Å². The van der Waals surface area contributed by atoms with Crippen molar-refractivity contribution in [2.75, 3.05) is 5.32 Å². The summed E-state index contributed by atoms with van der Waals surface area (Å²) >= 11 is 0. The van der Waals surface area contributed by atoms with Crippen LogP contribution >= 0.6 is 0 Å². The third-order valence-electron chi connectivity index (χ3n) is 2.75. The first-order valence-electron chi connectivity index (χ1n) is 5.27. The molecule has 3 heteroatoms. The van der Waals surface area contributed by atoms with E-state index >= 15 is 0 Å². The molecule has 1 aliphatic rings. The highest BCUT2D eigenvalue weighted by Crippen LogP contribution is 2.20. The van der Waals surface area contributed by atoms with E-state index in [1.54, 1.807) is 6.20 Å². The highest BCUT2D eigenvalue weighted by molar-refractivity contribution is 5.40. The molecule has 2 atom stereocenters. The van der Waals surface area contributed by atoms with Crippen LogP contribution in [0.1, 0.15) is 25.7 Å². The third-order valence-corrected chi connectivity index (χ3v) is 2.75. The van der Waals surface area contributed by atoms with Gasteiger partial charge in [0.05, 0.1) is 5.69 Å². The highest BCUT2D eigenvalue weighted by atomic mass is 14.9. The minimum Gasteiger partial charge on any atom is -0.381 e. The lowest BCUT2D eigenvalue weighted by Gasteiger charge is -2.27. The summed E-state index contributed by atoms with van der Waals surface area (Å²) in [6, 6.07) is 4.90. The standard InChI is InChI=1S/C11H17N3/c12-9-3-1-4-10(7-9)14-11-5-2-6-13-8-11/h2,5-6,8-10,14H,1,3-4,7,12H2. The van der Waals surface area contributed by atoms with Gasteiger partial charge in [-0.3, -0.25) is 4.98 Å². The first-order chi connectivity index (χ1) is 6.84. The van der Waals surface area contributed by atoms with Crippen molar-refractivity contribution < 1.29 is 0 Å². The lowest BCUT2D eigenvalue weighted by atomic mass is 9.91. The van der Waals surface area contributed by atoms with E-state index in [9.17, 15) is 0 Å². The number of rotatable bonds is 2. The number of nitrogens with zero attached hydrogens (tertiary/aromatic N) is 1. The Morgan fingerprint density at radius 1 is 1.43 bits per heavy atom. The zero-order valence-corrected chi connectivity index (χ0v) is 8.32. The Kier molecular flexibility index (Phi) is 2.99.